The zero-order chi connectivity index (χ0) is 11.3. The molecule has 1 aromatic carbocycles. The number of benzene rings is 1. The van der Waals surface area contributed by atoms with Crippen LogP contribution in [0, 0.1) is 0 Å². The summed E-state index contributed by atoms with van der Waals surface area (Å²) in [6.45, 7) is 0.518. The van der Waals surface area contributed by atoms with E-state index in [0.717, 1.165) is 5.52 Å². The molecule has 6 heteroatoms. The van der Waals surface area contributed by atoms with Crippen molar-refractivity contribution in [1.29, 1.82) is 0 Å². The second kappa shape index (κ2) is 4.97. The number of aryl methyl sites for hydroxylation is 1. The molecule has 3 N–H and O–H groups in total. The average Bonchev–Trinajstić information content (AvgIpc) is 2.53. The molecule has 17 heavy (non-hydrogen) atoms. The van der Waals surface area contributed by atoms with Gasteiger partial charge in [0.15, 0.2) is 5.69 Å². The van der Waals surface area contributed by atoms with E-state index in [1.54, 1.807) is 22.8 Å². The van der Waals surface area contributed by atoms with E-state index >= 15 is 0 Å². The number of imidazole rings is 1. The van der Waals surface area contributed by atoms with Gasteiger partial charge in [0.05, 0.1) is 6.10 Å². The predicted octanol–water partition coefficient (Wildman–Crippen LogP) is -3.27. The molecule has 0 unspecified atom stereocenters. The topological polar surface area (TPSA) is 82.3 Å². The third-order valence-electron chi connectivity index (χ3n) is 3.17. The molecule has 84 valence electrons. The summed E-state index contributed by atoms with van der Waals surface area (Å²) < 4.78 is 1.60. The average molecular weight is 257 g/mol. The zero-order valence-electron chi connectivity index (χ0n) is 9.63. The van der Waals surface area contributed by atoms with Gasteiger partial charge in [-0.05, 0) is 29.6 Å². The smallest absolute Gasteiger partial charge is 0.410 e. The van der Waals surface area contributed by atoms with Crippen molar-refractivity contribution in [3.8, 4) is 0 Å². The Balaban J connectivity index is 0.00000108. The SMILES string of the molecule is N[C@@H]1CCn2c(=O)[n-]c3cccc(c32)[C@H]1O.[K+]. The summed E-state index contributed by atoms with van der Waals surface area (Å²) in [5, 5.41) is 10.1. The van der Waals surface area contributed by atoms with Gasteiger partial charge in [-0.2, -0.15) is 0 Å². The number of nitrogens with zero attached hydrogens (tertiary/aromatic N) is 2. The minimum absolute atomic E-state index is 0. The van der Waals surface area contributed by atoms with Crippen molar-refractivity contribution in [2.45, 2.75) is 25.1 Å². The predicted molar refractivity (Wildman–Crippen MR) is 59.1 cm³/mol. The molecular formula is C11H12KN3O2. The van der Waals surface area contributed by atoms with Crippen LogP contribution in [0.5, 0.6) is 0 Å². The fourth-order valence-corrected chi connectivity index (χ4v) is 2.30. The molecule has 0 spiro atoms. The van der Waals surface area contributed by atoms with E-state index in [-0.39, 0.29) is 63.1 Å². The molecule has 1 aromatic heterocycles. The van der Waals surface area contributed by atoms with Crippen LogP contribution in [0.1, 0.15) is 18.1 Å². The summed E-state index contributed by atoms with van der Waals surface area (Å²) in [6, 6.07) is 5.04. The Hall–Kier alpha value is 0.0464. The van der Waals surface area contributed by atoms with Crippen LogP contribution in [0.25, 0.3) is 11.0 Å². The molecule has 0 bridgehead atoms. The van der Waals surface area contributed by atoms with E-state index < -0.39 is 6.10 Å². The van der Waals surface area contributed by atoms with Crippen molar-refractivity contribution >= 4 is 11.0 Å². The maximum atomic E-state index is 11.7. The van der Waals surface area contributed by atoms with Crippen molar-refractivity contribution in [3.63, 3.8) is 0 Å². The van der Waals surface area contributed by atoms with Crippen molar-refractivity contribution in [3.05, 3.63) is 34.2 Å². The minimum Gasteiger partial charge on any atom is -0.410 e. The van der Waals surface area contributed by atoms with Gasteiger partial charge in [-0.1, -0.05) is 18.2 Å². The Morgan fingerprint density at radius 1 is 1.47 bits per heavy atom. The maximum absolute atomic E-state index is 11.7. The first-order valence-electron chi connectivity index (χ1n) is 5.28. The van der Waals surface area contributed by atoms with Gasteiger partial charge >= 0.3 is 51.4 Å². The van der Waals surface area contributed by atoms with Crippen LogP contribution in [0.2, 0.25) is 0 Å². The van der Waals surface area contributed by atoms with Crippen LogP contribution in [-0.2, 0) is 6.54 Å². The Labute approximate surface area is 140 Å². The largest absolute Gasteiger partial charge is 1.00 e. The van der Waals surface area contributed by atoms with Gasteiger partial charge in [-0.25, -0.2) is 0 Å². The molecule has 3 rings (SSSR count). The molecule has 1 aliphatic rings. The van der Waals surface area contributed by atoms with E-state index in [2.05, 4.69) is 4.98 Å². The monoisotopic (exact) mass is 257 g/mol. The number of rotatable bonds is 0. The number of hydrogen-bond acceptors (Lipinski definition) is 3. The molecule has 0 saturated heterocycles. The Morgan fingerprint density at radius 3 is 3.00 bits per heavy atom. The molecule has 5 nitrogen and oxygen atoms in total. The van der Waals surface area contributed by atoms with Crippen LogP contribution in [-0.4, -0.2) is 15.7 Å². The summed E-state index contributed by atoms with van der Waals surface area (Å²) in [4.78, 5) is 15.6. The Kier molecular flexibility index (Phi) is 3.94. The molecule has 0 fully saturated rings. The van der Waals surface area contributed by atoms with E-state index in [1.807, 2.05) is 0 Å². The maximum Gasteiger partial charge on any atom is 1.00 e. The third-order valence-corrected chi connectivity index (χ3v) is 3.17. The third kappa shape index (κ3) is 2.08. The molecule has 2 atom stereocenters. The van der Waals surface area contributed by atoms with E-state index in [9.17, 15) is 9.90 Å². The fourth-order valence-electron chi connectivity index (χ4n) is 2.30. The van der Waals surface area contributed by atoms with Crippen LogP contribution >= 0.6 is 0 Å². The van der Waals surface area contributed by atoms with Crippen LogP contribution in [0.15, 0.2) is 23.0 Å². The second-order valence-electron chi connectivity index (χ2n) is 4.16. The first kappa shape index (κ1) is 13.5. The summed E-state index contributed by atoms with van der Waals surface area (Å²) in [6.07, 6.45) is -0.141. The Bertz CT molecular complexity index is 604. The van der Waals surface area contributed by atoms with Crippen LogP contribution in [0.4, 0.5) is 0 Å². The van der Waals surface area contributed by atoms with Crippen LogP contribution in [0.3, 0.4) is 0 Å². The van der Waals surface area contributed by atoms with Crippen LogP contribution < -0.4 is 67.8 Å². The minimum atomic E-state index is -0.721. The molecule has 0 saturated carbocycles. The molecular weight excluding hydrogens is 245 g/mol. The Morgan fingerprint density at radius 2 is 2.24 bits per heavy atom. The molecule has 0 radical (unpaired) electrons. The number of aromatic nitrogens is 2. The zero-order valence-corrected chi connectivity index (χ0v) is 12.8. The number of para-hydroxylation sites is 1. The van der Waals surface area contributed by atoms with Crippen molar-refractivity contribution in [1.82, 2.24) is 9.55 Å². The fraction of sp³-hybridized carbons (Fsp3) is 0.364. The first-order valence-corrected chi connectivity index (χ1v) is 5.28. The van der Waals surface area contributed by atoms with Gasteiger partial charge in [0.25, 0.3) is 0 Å². The summed E-state index contributed by atoms with van der Waals surface area (Å²) in [5.41, 5.74) is 7.67. The van der Waals surface area contributed by atoms with E-state index in [1.165, 1.54) is 0 Å². The van der Waals surface area contributed by atoms with Crippen molar-refractivity contribution in [2.24, 2.45) is 5.73 Å². The second-order valence-corrected chi connectivity index (χ2v) is 4.16. The molecule has 0 aliphatic carbocycles. The van der Waals surface area contributed by atoms with Gasteiger partial charge in [0.2, 0.25) is 0 Å². The van der Waals surface area contributed by atoms with Gasteiger partial charge in [0.1, 0.15) is 0 Å². The summed E-state index contributed by atoms with van der Waals surface area (Å²) >= 11 is 0. The van der Waals surface area contributed by atoms with Crippen molar-refractivity contribution in [2.75, 3.05) is 0 Å². The molecule has 0 amide bonds. The van der Waals surface area contributed by atoms with Crippen molar-refractivity contribution < 1.29 is 56.5 Å². The molecule has 1 aliphatic heterocycles. The number of nitrogens with two attached hydrogens (primary N) is 1. The van der Waals surface area contributed by atoms with Gasteiger partial charge in [-0.15, -0.1) is 0 Å². The molecule has 2 heterocycles. The first-order chi connectivity index (χ1) is 7.68. The normalized spacial score (nSPS) is 23.2. The number of aliphatic hydroxyl groups is 1. The van der Waals surface area contributed by atoms with Gasteiger partial charge in [-0.3, -0.25) is 4.79 Å². The van der Waals surface area contributed by atoms with E-state index in [4.69, 9.17) is 5.73 Å². The molecule has 2 aromatic rings. The standard InChI is InChI=1S/C11H13N3O2.K/c12-7-4-5-14-9-6(10(7)15)2-1-3-8(9)13-11(14)16;/h1-3,7,10,15H,4-5,12H2,(H,13,16);/q;+1/p-1/t7-,10-;/m1./s1. The number of hydrogen-bond donors (Lipinski definition) is 2. The summed E-state index contributed by atoms with van der Waals surface area (Å²) in [5.74, 6) is 0. The van der Waals surface area contributed by atoms with E-state index in [0.29, 0.717) is 24.0 Å². The summed E-state index contributed by atoms with van der Waals surface area (Å²) in [7, 11) is 0. The quantitative estimate of drug-likeness (QED) is 0.485. The number of aliphatic hydroxyl groups excluding tert-OH is 1. The van der Waals surface area contributed by atoms with Gasteiger partial charge in [0, 0.05) is 6.04 Å². The van der Waals surface area contributed by atoms with Gasteiger partial charge < -0.3 is 20.4 Å².